The van der Waals surface area contributed by atoms with Crippen molar-refractivity contribution in [3.63, 3.8) is 0 Å². The monoisotopic (exact) mass is 432 g/mol. The van der Waals surface area contributed by atoms with Crippen LogP contribution < -0.4 is 69.2 Å². The molecule has 10 nitrogen and oxygen atoms in total. The molecule has 0 aliphatic carbocycles. The van der Waals surface area contributed by atoms with Crippen molar-refractivity contribution in [3.05, 3.63) is 54.6 Å². The molecule has 1 heterocycles. The fraction of sp³-hybridized carbons (Fsp3) is 0.0625. The summed E-state index contributed by atoms with van der Waals surface area (Å²) in [6.07, 6.45) is 0. The van der Waals surface area contributed by atoms with Gasteiger partial charge in [0.25, 0.3) is 5.91 Å². The van der Waals surface area contributed by atoms with E-state index in [2.05, 4.69) is 15.3 Å². The normalized spacial score (nSPS) is 16.2. The first kappa shape index (κ1) is 25.6. The molecule has 0 bridgehead atoms. The summed E-state index contributed by atoms with van der Waals surface area (Å²) in [4.78, 5) is 23.3. The Morgan fingerprint density at radius 2 is 1.62 bits per heavy atom. The van der Waals surface area contributed by atoms with E-state index in [0.29, 0.717) is 5.69 Å². The van der Waals surface area contributed by atoms with Crippen molar-refractivity contribution in [2.24, 2.45) is 15.3 Å². The van der Waals surface area contributed by atoms with Gasteiger partial charge in [-0.25, -0.2) is 8.42 Å². The number of nitrogens with zero attached hydrogens (tertiary/aromatic N) is 4. The first-order valence-electron chi connectivity index (χ1n) is 7.43. The molecule has 0 spiro atoms. The molecule has 3 rings (SSSR count). The molecular formula is C16H10N4Na2O6S. The van der Waals surface area contributed by atoms with Gasteiger partial charge in [0.1, 0.15) is 15.8 Å². The zero-order valence-electron chi connectivity index (χ0n) is 15.4. The van der Waals surface area contributed by atoms with E-state index in [1.807, 2.05) is 0 Å². The van der Waals surface area contributed by atoms with E-state index < -0.39 is 38.6 Å². The van der Waals surface area contributed by atoms with Gasteiger partial charge in [0.2, 0.25) is 0 Å². The van der Waals surface area contributed by atoms with Crippen LogP contribution in [0.5, 0.6) is 0 Å². The van der Waals surface area contributed by atoms with Gasteiger partial charge in [-0.3, -0.25) is 4.79 Å². The fourth-order valence-corrected chi connectivity index (χ4v) is 2.73. The maximum atomic E-state index is 12.5. The average molecular weight is 432 g/mol. The second kappa shape index (κ2) is 10.5. The minimum Gasteiger partial charge on any atom is -0.744 e. The first-order chi connectivity index (χ1) is 12.8. The molecule has 0 fully saturated rings. The van der Waals surface area contributed by atoms with Gasteiger partial charge >= 0.3 is 59.1 Å². The Hall–Kier alpha value is -1.44. The van der Waals surface area contributed by atoms with Crippen LogP contribution >= 0.6 is 0 Å². The number of hydrogen-bond acceptors (Lipinski definition) is 9. The molecule has 13 heteroatoms. The summed E-state index contributed by atoms with van der Waals surface area (Å²) in [7, 11) is -4.66. The number of carboxylic acid groups (broad SMARTS) is 1. The molecule has 1 amide bonds. The van der Waals surface area contributed by atoms with Crippen molar-refractivity contribution in [1.29, 1.82) is 0 Å². The molecule has 0 saturated heterocycles. The number of carbonyl (C=O) groups excluding carboxylic acids is 2. The molecule has 2 aromatic carbocycles. The van der Waals surface area contributed by atoms with Crippen molar-refractivity contribution >= 4 is 39.1 Å². The van der Waals surface area contributed by atoms with E-state index in [9.17, 15) is 27.7 Å². The predicted molar refractivity (Wildman–Crippen MR) is 89.1 cm³/mol. The van der Waals surface area contributed by atoms with Crippen LogP contribution in [-0.4, -0.2) is 36.6 Å². The number of rotatable bonds is 5. The van der Waals surface area contributed by atoms with Crippen LogP contribution in [0, 0.1) is 0 Å². The molecule has 1 atom stereocenters. The SMILES string of the molecule is O=C([O-])C1=NN(c2ccc(S(=O)(=O)[O-])cc2)C(=O)C1N=Nc1ccccc1.[Na+].[Na+]. The largest absolute Gasteiger partial charge is 1.00 e. The van der Waals surface area contributed by atoms with Crippen LogP contribution in [0.2, 0.25) is 0 Å². The molecule has 2 aromatic rings. The number of azo groups is 1. The third kappa shape index (κ3) is 6.03. The molecule has 1 unspecified atom stereocenters. The molecule has 1 aliphatic heterocycles. The average Bonchev–Trinajstić information content (AvgIpc) is 2.97. The van der Waals surface area contributed by atoms with Crippen LogP contribution in [0.4, 0.5) is 11.4 Å². The summed E-state index contributed by atoms with van der Waals surface area (Å²) in [5.41, 5.74) is -0.171. The van der Waals surface area contributed by atoms with E-state index >= 15 is 0 Å². The summed E-state index contributed by atoms with van der Waals surface area (Å²) in [6.45, 7) is 0. The third-order valence-corrected chi connectivity index (χ3v) is 4.38. The topological polar surface area (TPSA) is 155 Å². The molecule has 0 saturated carbocycles. The second-order valence-corrected chi connectivity index (χ2v) is 6.70. The number of hydrazone groups is 1. The molecule has 0 radical (unpaired) electrons. The first-order valence-corrected chi connectivity index (χ1v) is 8.84. The minimum atomic E-state index is -4.66. The number of carbonyl (C=O) groups is 2. The Kier molecular flexibility index (Phi) is 9.31. The van der Waals surface area contributed by atoms with E-state index in [4.69, 9.17) is 0 Å². The Bertz CT molecular complexity index is 1060. The van der Waals surface area contributed by atoms with Crippen LogP contribution in [-0.2, 0) is 19.7 Å². The number of carboxylic acids is 1. The van der Waals surface area contributed by atoms with Gasteiger partial charge in [0.05, 0.1) is 22.2 Å². The zero-order valence-corrected chi connectivity index (χ0v) is 20.2. The van der Waals surface area contributed by atoms with E-state index in [-0.39, 0.29) is 64.8 Å². The van der Waals surface area contributed by atoms with Crippen LogP contribution in [0.15, 0.2) is 74.8 Å². The summed E-state index contributed by atoms with van der Waals surface area (Å²) in [6, 6.07) is 11.1. The summed E-state index contributed by atoms with van der Waals surface area (Å²) >= 11 is 0. The predicted octanol–water partition coefficient (Wildman–Crippen LogP) is -5.80. The third-order valence-electron chi connectivity index (χ3n) is 3.53. The molecule has 0 N–H and O–H groups in total. The second-order valence-electron chi connectivity index (χ2n) is 5.32. The maximum Gasteiger partial charge on any atom is 1.00 e. The van der Waals surface area contributed by atoms with Crippen molar-refractivity contribution in [2.75, 3.05) is 5.01 Å². The van der Waals surface area contributed by atoms with E-state index in [1.54, 1.807) is 30.3 Å². The van der Waals surface area contributed by atoms with Crippen LogP contribution in [0.3, 0.4) is 0 Å². The van der Waals surface area contributed by atoms with Gasteiger partial charge < -0.3 is 14.5 Å². The van der Waals surface area contributed by atoms with Crippen molar-refractivity contribution < 1.29 is 86.8 Å². The number of amides is 1. The number of hydrogen-bond donors (Lipinski definition) is 0. The molecule has 29 heavy (non-hydrogen) atoms. The molecule has 138 valence electrons. The minimum absolute atomic E-state index is 0. The van der Waals surface area contributed by atoms with Crippen molar-refractivity contribution in [3.8, 4) is 0 Å². The fourth-order valence-electron chi connectivity index (χ4n) is 2.26. The Morgan fingerprint density at radius 1 is 1.03 bits per heavy atom. The number of aliphatic carboxylic acids is 1. The van der Waals surface area contributed by atoms with Gasteiger partial charge in [-0.1, -0.05) is 18.2 Å². The summed E-state index contributed by atoms with van der Waals surface area (Å²) < 4.78 is 32.9. The van der Waals surface area contributed by atoms with Gasteiger partial charge in [0.15, 0.2) is 6.04 Å². The van der Waals surface area contributed by atoms with Gasteiger partial charge in [-0.05, 0) is 36.4 Å². The summed E-state index contributed by atoms with van der Waals surface area (Å²) in [5, 5.41) is 23.3. The van der Waals surface area contributed by atoms with Gasteiger partial charge in [-0.15, -0.1) is 0 Å². The Morgan fingerprint density at radius 3 is 2.14 bits per heavy atom. The quantitative estimate of drug-likeness (QED) is 0.260. The van der Waals surface area contributed by atoms with Crippen LogP contribution in [0.25, 0.3) is 0 Å². The van der Waals surface area contributed by atoms with Crippen molar-refractivity contribution in [1.82, 2.24) is 0 Å². The molecular weight excluding hydrogens is 422 g/mol. The Labute approximate surface area is 210 Å². The van der Waals surface area contributed by atoms with Gasteiger partial charge in [0, 0.05) is 0 Å². The molecule has 0 aromatic heterocycles. The standard InChI is InChI=1S/C16H12N4O6S.2Na/c21-15-13(18-17-10-4-2-1-3-5-10)14(16(22)23)19-20(15)11-6-8-12(9-7-11)27(24,25)26;;/h1-9,13H,(H,22,23)(H,24,25,26);;/q;2*+1/p-2. The summed E-state index contributed by atoms with van der Waals surface area (Å²) in [5.74, 6) is -2.51. The number of benzene rings is 2. The molecule has 1 aliphatic rings. The smallest absolute Gasteiger partial charge is 0.744 e. The maximum absolute atomic E-state index is 12.5. The Balaban J connectivity index is 0.00000210. The zero-order chi connectivity index (χ0) is 19.6. The van der Waals surface area contributed by atoms with Crippen LogP contribution in [0.1, 0.15) is 0 Å². The number of anilines is 1. The van der Waals surface area contributed by atoms with E-state index in [1.165, 1.54) is 0 Å². The van der Waals surface area contributed by atoms with Crippen molar-refractivity contribution in [2.45, 2.75) is 10.9 Å². The van der Waals surface area contributed by atoms with E-state index in [0.717, 1.165) is 29.3 Å². The van der Waals surface area contributed by atoms with Gasteiger partial charge in [-0.2, -0.15) is 20.3 Å².